The lowest BCUT2D eigenvalue weighted by atomic mass is 9.75. The molecular formula is C24H26N4O6. The molecule has 10 heteroatoms. The first-order valence-electron chi connectivity index (χ1n) is 11.4. The van der Waals surface area contributed by atoms with Crippen molar-refractivity contribution in [3.63, 3.8) is 0 Å². The molecule has 1 aromatic carbocycles. The van der Waals surface area contributed by atoms with E-state index in [0.29, 0.717) is 24.2 Å². The molecule has 1 aromatic heterocycles. The van der Waals surface area contributed by atoms with Crippen molar-refractivity contribution in [3.05, 3.63) is 39.7 Å². The normalized spacial score (nSPS) is 27.7. The van der Waals surface area contributed by atoms with E-state index in [1.165, 1.54) is 13.2 Å². The average Bonchev–Trinajstić information content (AvgIpc) is 3.34. The van der Waals surface area contributed by atoms with Gasteiger partial charge in [-0.1, -0.05) is 13.8 Å². The number of aryl methyl sites for hydroxylation is 1. The van der Waals surface area contributed by atoms with E-state index < -0.39 is 52.2 Å². The topological polar surface area (TPSA) is 138 Å². The first-order valence-corrected chi connectivity index (χ1v) is 11.4. The molecule has 2 fully saturated rings. The summed E-state index contributed by atoms with van der Waals surface area (Å²) in [6.45, 7) is 6.19. The van der Waals surface area contributed by atoms with E-state index in [-0.39, 0.29) is 22.8 Å². The van der Waals surface area contributed by atoms with Crippen LogP contribution in [0.5, 0.6) is 0 Å². The summed E-state index contributed by atoms with van der Waals surface area (Å²) >= 11 is 0. The van der Waals surface area contributed by atoms with Gasteiger partial charge >= 0.3 is 5.97 Å². The number of nitrogens with one attached hydrogen (secondary N) is 2. The Bertz CT molecular complexity index is 1360. The van der Waals surface area contributed by atoms with E-state index in [1.807, 2.05) is 20.8 Å². The largest absolute Gasteiger partial charge is 0.477 e. The second-order valence-electron chi connectivity index (χ2n) is 9.73. The Kier molecular flexibility index (Phi) is 4.74. The number of aromatic carboxylic acids is 1. The van der Waals surface area contributed by atoms with E-state index >= 15 is 0 Å². The van der Waals surface area contributed by atoms with Crippen LogP contribution >= 0.6 is 0 Å². The Balaban J connectivity index is 1.88. The van der Waals surface area contributed by atoms with Crippen molar-refractivity contribution in [2.24, 2.45) is 17.8 Å². The lowest BCUT2D eigenvalue weighted by Crippen LogP contribution is -2.53. The molecule has 0 radical (unpaired) electrons. The molecule has 3 aliphatic rings. The standard InChI is InChI=1S/C24H26N4O6/c1-5-28-9-11(22(32)33)19(29)16-14(28)7-6-12-17(16)24(23(34)25-12)18-15(13(26-24)8-10(2)3)20(30)27(4)21(18)31/h6-7,9-10,13,15,18,26H,5,8H2,1-4H3,(H,25,34)(H,32,33). The summed E-state index contributed by atoms with van der Waals surface area (Å²) < 4.78 is 1.64. The van der Waals surface area contributed by atoms with Gasteiger partial charge in [0.15, 0.2) is 0 Å². The maximum absolute atomic E-state index is 13.6. The van der Waals surface area contributed by atoms with Gasteiger partial charge < -0.3 is 15.0 Å². The molecule has 2 saturated heterocycles. The first-order chi connectivity index (χ1) is 16.0. The second-order valence-corrected chi connectivity index (χ2v) is 9.73. The van der Waals surface area contributed by atoms with Crippen molar-refractivity contribution < 1.29 is 24.3 Å². The molecule has 10 nitrogen and oxygen atoms in total. The van der Waals surface area contributed by atoms with Crippen LogP contribution in [0.3, 0.4) is 0 Å². The van der Waals surface area contributed by atoms with Crippen LogP contribution in [0.15, 0.2) is 23.1 Å². The summed E-state index contributed by atoms with van der Waals surface area (Å²) in [6.07, 6.45) is 1.84. The summed E-state index contributed by atoms with van der Waals surface area (Å²) in [4.78, 5) is 66.6. The molecule has 3 amide bonds. The van der Waals surface area contributed by atoms with Gasteiger partial charge in [0.2, 0.25) is 23.2 Å². The minimum atomic E-state index is -1.65. The number of aromatic nitrogens is 1. The number of likely N-dealkylation sites (tertiary alicyclic amines) is 1. The molecule has 178 valence electrons. The van der Waals surface area contributed by atoms with E-state index in [2.05, 4.69) is 10.6 Å². The van der Waals surface area contributed by atoms with E-state index in [9.17, 15) is 29.1 Å². The monoisotopic (exact) mass is 466 g/mol. The van der Waals surface area contributed by atoms with Gasteiger partial charge in [-0.2, -0.15) is 0 Å². The van der Waals surface area contributed by atoms with Crippen LogP contribution < -0.4 is 16.1 Å². The minimum Gasteiger partial charge on any atom is -0.477 e. The number of carbonyl (C=O) groups excluding carboxylic acids is 3. The van der Waals surface area contributed by atoms with Crippen molar-refractivity contribution in [1.29, 1.82) is 0 Å². The van der Waals surface area contributed by atoms with Gasteiger partial charge in [-0.15, -0.1) is 0 Å². The summed E-state index contributed by atoms with van der Waals surface area (Å²) in [5.41, 5.74) is -1.75. The first kappa shape index (κ1) is 22.3. The number of nitrogens with zero attached hydrogens (tertiary/aromatic N) is 2. The van der Waals surface area contributed by atoms with E-state index in [0.717, 1.165) is 4.90 Å². The zero-order chi connectivity index (χ0) is 24.7. The highest BCUT2D eigenvalue weighted by Gasteiger charge is 2.70. The Morgan fingerprint density at radius 1 is 1.18 bits per heavy atom. The van der Waals surface area contributed by atoms with Crippen LogP contribution in [0, 0.1) is 17.8 Å². The number of amides is 3. The minimum absolute atomic E-state index is 0.0730. The Morgan fingerprint density at radius 3 is 2.50 bits per heavy atom. The molecular weight excluding hydrogens is 440 g/mol. The summed E-state index contributed by atoms with van der Waals surface area (Å²) in [6, 6.07) is 2.86. The molecule has 0 bridgehead atoms. The number of rotatable bonds is 4. The average molecular weight is 466 g/mol. The highest BCUT2D eigenvalue weighted by Crippen LogP contribution is 2.54. The number of benzene rings is 1. The van der Waals surface area contributed by atoms with Gasteiger partial charge in [0.25, 0.3) is 0 Å². The van der Waals surface area contributed by atoms with Crippen LogP contribution in [0.1, 0.15) is 43.1 Å². The predicted octanol–water partition coefficient (Wildman–Crippen LogP) is 1.12. The number of fused-ring (bicyclic) bond motifs is 6. The molecule has 4 heterocycles. The Hall–Kier alpha value is -3.53. The van der Waals surface area contributed by atoms with Gasteiger partial charge in [-0.05, 0) is 31.4 Å². The zero-order valence-electron chi connectivity index (χ0n) is 19.3. The number of carboxylic acids is 1. The third kappa shape index (κ3) is 2.62. The molecule has 3 aliphatic heterocycles. The Morgan fingerprint density at radius 2 is 1.88 bits per heavy atom. The van der Waals surface area contributed by atoms with Crippen molar-refractivity contribution in [1.82, 2.24) is 14.8 Å². The van der Waals surface area contributed by atoms with Crippen molar-refractivity contribution in [2.45, 2.75) is 45.3 Å². The van der Waals surface area contributed by atoms with Gasteiger partial charge in [-0.3, -0.25) is 29.4 Å². The number of hydrogen-bond acceptors (Lipinski definition) is 6. The number of anilines is 1. The van der Waals surface area contributed by atoms with Crippen molar-refractivity contribution in [2.75, 3.05) is 12.4 Å². The number of imide groups is 1. The lowest BCUT2D eigenvalue weighted by molar-refractivity contribution is -0.141. The van der Waals surface area contributed by atoms with Gasteiger partial charge in [0.1, 0.15) is 11.1 Å². The third-order valence-electron chi connectivity index (χ3n) is 7.43. The quantitative estimate of drug-likeness (QED) is 0.574. The molecule has 5 rings (SSSR count). The highest BCUT2D eigenvalue weighted by molar-refractivity contribution is 6.17. The van der Waals surface area contributed by atoms with Crippen LogP contribution in [0.2, 0.25) is 0 Å². The van der Waals surface area contributed by atoms with E-state index in [1.54, 1.807) is 16.7 Å². The predicted molar refractivity (Wildman–Crippen MR) is 122 cm³/mol. The number of carboxylic acid groups (broad SMARTS) is 1. The summed E-state index contributed by atoms with van der Waals surface area (Å²) in [7, 11) is 1.41. The SMILES string of the molecule is CCn1cc(C(=O)O)c(=O)c2c3c(ccc21)NC(=O)C31NC(CC(C)C)C2C(=O)N(C)C(=O)C21. The van der Waals surface area contributed by atoms with Crippen LogP contribution in [-0.4, -0.2) is 51.4 Å². The second kappa shape index (κ2) is 7.23. The molecule has 4 atom stereocenters. The molecule has 0 aliphatic carbocycles. The van der Waals surface area contributed by atoms with Gasteiger partial charge in [0, 0.05) is 37.1 Å². The third-order valence-corrected chi connectivity index (χ3v) is 7.43. The molecule has 34 heavy (non-hydrogen) atoms. The van der Waals surface area contributed by atoms with Gasteiger partial charge in [0.05, 0.1) is 22.7 Å². The molecule has 0 saturated carbocycles. The van der Waals surface area contributed by atoms with Crippen LogP contribution in [0.4, 0.5) is 5.69 Å². The summed E-state index contributed by atoms with van der Waals surface area (Å²) in [5.74, 6) is -4.36. The van der Waals surface area contributed by atoms with Crippen LogP contribution in [-0.2, 0) is 26.5 Å². The number of carbonyl (C=O) groups is 4. The Labute approximate surface area is 194 Å². The molecule has 1 spiro atoms. The highest BCUT2D eigenvalue weighted by atomic mass is 16.4. The van der Waals surface area contributed by atoms with Crippen molar-refractivity contribution in [3.8, 4) is 0 Å². The lowest BCUT2D eigenvalue weighted by Gasteiger charge is -2.30. The van der Waals surface area contributed by atoms with Crippen molar-refractivity contribution >= 4 is 40.3 Å². The van der Waals surface area contributed by atoms with E-state index in [4.69, 9.17) is 0 Å². The fraction of sp³-hybridized carbons (Fsp3) is 0.458. The fourth-order valence-electron chi connectivity index (χ4n) is 6.06. The van der Waals surface area contributed by atoms with Gasteiger partial charge in [-0.25, -0.2) is 4.79 Å². The maximum Gasteiger partial charge on any atom is 0.341 e. The number of hydrogen-bond donors (Lipinski definition) is 3. The maximum atomic E-state index is 13.6. The van der Waals surface area contributed by atoms with Crippen LogP contribution in [0.25, 0.3) is 10.9 Å². The fourth-order valence-corrected chi connectivity index (χ4v) is 6.06. The smallest absolute Gasteiger partial charge is 0.341 e. The molecule has 3 N–H and O–H groups in total. The molecule has 4 unspecified atom stereocenters. The molecule has 2 aromatic rings. The zero-order valence-corrected chi connectivity index (χ0v) is 19.3. The number of pyridine rings is 1. The summed E-state index contributed by atoms with van der Waals surface area (Å²) in [5, 5.41) is 15.9.